The van der Waals surface area contributed by atoms with Gasteiger partial charge < -0.3 is 14.5 Å². The molecule has 4 N–H and O–H groups in total. The molecule has 14 rings (SSSR count). The Kier molecular flexibility index (Phi) is 148. The van der Waals surface area contributed by atoms with Gasteiger partial charge in [0.1, 0.15) is 47.6 Å². The predicted octanol–water partition coefficient (Wildman–Crippen LogP) is 33.3. The molecular weight excluding hydrogens is 1680 g/mol. The fourth-order valence-corrected chi connectivity index (χ4v) is 5.85. The first kappa shape index (κ1) is 144. The molecule has 14 aromatic rings. The van der Waals surface area contributed by atoms with Crippen molar-refractivity contribution >= 4 is 57.1 Å². The molecule has 0 amide bonds. The number of pyridine rings is 1. The molecule has 0 saturated carbocycles. The van der Waals surface area contributed by atoms with Gasteiger partial charge in [-0.3, -0.25) is 30.1 Å². The number of thiophene rings is 1. The number of hydrogen-bond donors (Lipinski definition) is 4. The van der Waals surface area contributed by atoms with E-state index in [9.17, 15) is 0 Å². The van der Waals surface area contributed by atoms with E-state index in [1.54, 1.807) is 162 Å². The van der Waals surface area contributed by atoms with E-state index < -0.39 is 0 Å². The number of nitrogens with one attached hydrogen (secondary N) is 4. The first-order valence-corrected chi connectivity index (χ1v) is 48.8. The van der Waals surface area contributed by atoms with Gasteiger partial charge in [-0.15, -0.1) is 32.9 Å². The Hall–Kier alpha value is -9.34. The molecular formula is C102H184N20OS5. The maximum atomic E-state index is 4.33. The van der Waals surface area contributed by atoms with E-state index in [1.165, 1.54) is 60.2 Å². The average Bonchev–Trinajstić information content (AvgIpc) is 1.73. The second kappa shape index (κ2) is 131. The quantitative estimate of drug-likeness (QED) is 0.125. The van der Waals surface area contributed by atoms with Crippen LogP contribution in [0.5, 0.6) is 0 Å². The van der Waals surface area contributed by atoms with Crippen LogP contribution in [0.3, 0.4) is 0 Å². The van der Waals surface area contributed by atoms with Crippen LogP contribution in [-0.4, -0.2) is 99.3 Å². The molecule has 128 heavy (non-hydrogen) atoms. The monoisotopic (exact) mass is 1870 g/mol. The summed E-state index contributed by atoms with van der Waals surface area (Å²) >= 11 is 7.74. The van der Waals surface area contributed by atoms with E-state index in [0.717, 1.165) is 76.0 Å². The van der Waals surface area contributed by atoms with Crippen molar-refractivity contribution in [1.82, 2.24) is 99.3 Å². The summed E-state index contributed by atoms with van der Waals surface area (Å²) in [5, 5.41) is 32.2. The summed E-state index contributed by atoms with van der Waals surface area (Å²) in [6.45, 7) is 86.6. The molecule has 13 heterocycles. The third kappa shape index (κ3) is 266. The zero-order chi connectivity index (χ0) is 100. The van der Waals surface area contributed by atoms with Crippen LogP contribution < -0.4 is 0 Å². The second-order valence-electron chi connectivity index (χ2n) is 34.6. The van der Waals surface area contributed by atoms with Crippen LogP contribution in [0, 0.1) is 71.0 Å². The van der Waals surface area contributed by atoms with Gasteiger partial charge in [0.15, 0.2) is 0 Å². The highest BCUT2D eigenvalue weighted by molar-refractivity contribution is 7.09. The minimum absolute atomic E-state index is 0.530. The van der Waals surface area contributed by atoms with Crippen molar-refractivity contribution in [3.8, 4) is 0 Å². The molecule has 0 fully saturated rings. The number of H-pyrrole nitrogens is 4. The smallest absolute Gasteiger partial charge is 0.137 e. The first-order chi connectivity index (χ1) is 60.4. The molecule has 0 saturated heterocycles. The minimum Gasteiger partial charge on any atom is -0.368 e. The van der Waals surface area contributed by atoms with Crippen LogP contribution in [0.4, 0.5) is 0 Å². The molecule has 0 unspecified atom stereocenters. The summed E-state index contributed by atoms with van der Waals surface area (Å²) in [5.74, 6) is 11.2. The highest BCUT2D eigenvalue weighted by Gasteiger charge is 1.99. The average molecular weight is 1870 g/mol. The first-order valence-electron chi connectivity index (χ1n) is 44.4. The summed E-state index contributed by atoms with van der Waals surface area (Å²) in [4.78, 5) is 38.8. The summed E-state index contributed by atoms with van der Waals surface area (Å²) < 4.78 is 11.8. The Morgan fingerprint density at radius 2 is 0.727 bits per heavy atom. The molecule has 0 atom stereocenters. The number of aromatic amines is 4. The molecule has 26 heteroatoms. The van der Waals surface area contributed by atoms with E-state index in [2.05, 4.69) is 405 Å². The van der Waals surface area contributed by atoms with Crippen molar-refractivity contribution in [3.05, 3.63) is 289 Å². The normalized spacial score (nSPS) is 8.67. The van der Waals surface area contributed by atoms with Crippen LogP contribution in [-0.2, 0) is 0 Å². The van der Waals surface area contributed by atoms with Gasteiger partial charge in [-0.05, 0) is 165 Å². The molecule has 0 spiro atoms. The van der Waals surface area contributed by atoms with Gasteiger partial charge in [0, 0.05) is 116 Å². The number of rotatable bonds is 2. The lowest BCUT2D eigenvalue weighted by atomic mass is 10.0. The van der Waals surface area contributed by atoms with E-state index in [-0.39, 0.29) is 0 Å². The molecule has 0 aliphatic rings. The Morgan fingerprint density at radius 3 is 0.859 bits per heavy atom. The van der Waals surface area contributed by atoms with Crippen LogP contribution in [0.2, 0.25) is 0 Å². The largest absolute Gasteiger partial charge is 0.368 e. The van der Waals surface area contributed by atoms with Gasteiger partial charge in [0.2, 0.25) is 0 Å². The third-order valence-electron chi connectivity index (χ3n) is 7.25. The lowest BCUT2D eigenvalue weighted by Gasteiger charge is -2.01. The number of imidazole rings is 1. The van der Waals surface area contributed by atoms with Gasteiger partial charge in [0.25, 0.3) is 0 Å². The van der Waals surface area contributed by atoms with E-state index in [1.807, 2.05) is 94.6 Å². The molecule has 0 aliphatic carbocycles. The summed E-state index contributed by atoms with van der Waals surface area (Å²) in [7, 11) is 0. The SMILES string of the molecule is CC(C)C.CC(C)C.CC(C)C.CC(C)C.CC(C)C.CC(C)C.CC(C)C.CC(C)C.CC(C)C.CC(C)C.CC(C)C.CC(C)C.CC(C)c1ccccc1.CC(C)c1nncs1.c1c[nH]cn1.c1cc[nH]c1.c1ccncc1.c1ccsc1.c1cn[nH]c1.c1cnccn1.c1cncnc1.c1cnoc1.c1cnsc1.c1cscn1.c1nc[nH]n1.c1ncsn1. The highest BCUT2D eigenvalue weighted by Crippen LogP contribution is 2.14. The van der Waals surface area contributed by atoms with E-state index >= 15 is 0 Å². The predicted molar refractivity (Wildman–Crippen MR) is 568 cm³/mol. The molecule has 21 nitrogen and oxygen atoms in total. The minimum atomic E-state index is 0.530. The lowest BCUT2D eigenvalue weighted by Crippen LogP contribution is -1.83. The number of nitrogens with zero attached hydrogens (tertiary/aromatic N) is 16. The van der Waals surface area contributed by atoms with E-state index in [0.29, 0.717) is 11.8 Å². The number of thiazole rings is 1. The molecule has 1 aromatic carbocycles. The maximum absolute atomic E-state index is 4.33. The van der Waals surface area contributed by atoms with Crippen molar-refractivity contribution in [1.29, 1.82) is 0 Å². The Labute approximate surface area is 804 Å². The number of benzene rings is 1. The van der Waals surface area contributed by atoms with Crippen LogP contribution in [0.1, 0.15) is 299 Å². The lowest BCUT2D eigenvalue weighted by molar-refractivity contribution is 0.420. The van der Waals surface area contributed by atoms with Crippen molar-refractivity contribution in [3.63, 3.8) is 0 Å². The van der Waals surface area contributed by atoms with Gasteiger partial charge in [0.05, 0.1) is 18.0 Å². The molecule has 728 valence electrons. The Morgan fingerprint density at radius 1 is 0.266 bits per heavy atom. The molecule has 0 bridgehead atoms. The van der Waals surface area contributed by atoms with Crippen LogP contribution in [0.15, 0.2) is 283 Å². The number of hydrogen-bond acceptors (Lipinski definition) is 22. The van der Waals surface area contributed by atoms with Gasteiger partial charge in [-0.2, -0.15) is 25.9 Å². The fraction of sp³-hybridized carbons (Fsp3) is 0.529. The Bertz CT molecular complexity index is 2730. The standard InChI is InChI=1S/C9H12.C5H8N2S.C5H5N.2C4H4N2.C4H5N.C4H4S.12C4H10.2C3H4N2.C3H3NO.2C3H3NS.C2H3N3.C2H2N2S/c1-8(2)9-6-4-3-5-7-9;1-4(2)5-7-6-3-8-5;1-2-4-6-5-3-1;1-2-6-4-3-5-1;1-2-5-4-6-3-1;2*1-2-4-5-3-1;12*1-4(2)3;1-2-5-3-4-1;2*1-2-4-5-3-1;1-2-5-3-4-1;1-2-4-5-3-1;2*1-3-2-5-4-1/h3-8H,1-2H3;3-4H,1-2H3;1-5H;2*1-4H;1-5H;1-4H;12*4H,1-3H3;2*1-3H,(H,4,5);3*1-3H;1-2H,(H,3,4,5);1-2H. The number of aromatic nitrogens is 20. The summed E-state index contributed by atoms with van der Waals surface area (Å²) in [5.41, 5.74) is 6.65. The molecule has 0 aliphatic heterocycles. The topological polar surface area (TPSA) is 283 Å². The van der Waals surface area contributed by atoms with Crippen LogP contribution >= 0.6 is 57.1 Å². The van der Waals surface area contributed by atoms with Crippen molar-refractivity contribution in [2.45, 2.75) is 289 Å². The second-order valence-corrected chi connectivity index (χ2v) is 38.4. The summed E-state index contributed by atoms with van der Waals surface area (Å²) in [6.07, 6.45) is 38.3. The van der Waals surface area contributed by atoms with Gasteiger partial charge >= 0.3 is 0 Å². The zero-order valence-corrected chi connectivity index (χ0v) is 91.3. The maximum Gasteiger partial charge on any atom is 0.137 e. The third-order valence-corrected chi connectivity index (χ3v) is 10.3. The van der Waals surface area contributed by atoms with Crippen LogP contribution in [0.25, 0.3) is 0 Å². The molecule has 13 aromatic heterocycles. The van der Waals surface area contributed by atoms with E-state index in [4.69, 9.17) is 0 Å². The van der Waals surface area contributed by atoms with Crippen molar-refractivity contribution in [2.75, 3.05) is 0 Å². The van der Waals surface area contributed by atoms with Crippen molar-refractivity contribution in [2.24, 2.45) is 71.0 Å². The zero-order valence-electron chi connectivity index (χ0n) is 87.2. The Balaban J connectivity index is -0.000000110. The highest BCUT2D eigenvalue weighted by atomic mass is 32.1. The summed E-state index contributed by atoms with van der Waals surface area (Å²) in [6, 6.07) is 31.4. The van der Waals surface area contributed by atoms with Gasteiger partial charge in [-0.25, -0.2) is 29.3 Å². The van der Waals surface area contributed by atoms with Gasteiger partial charge in [-0.1, -0.05) is 331 Å². The van der Waals surface area contributed by atoms with Crippen molar-refractivity contribution < 1.29 is 4.52 Å². The molecule has 0 radical (unpaired) electrons. The fourth-order valence-electron chi connectivity index (χ4n) is 3.86.